The Bertz CT molecular complexity index is 1600. The number of carbonyl (C=O) groups excluding carboxylic acids is 3. The molecule has 6 nitrogen and oxygen atoms in total. The Morgan fingerprint density at radius 3 is 0.844 bits per heavy atom. The minimum Gasteiger partial charge on any atom is -0.462 e. The van der Waals surface area contributed by atoms with Crippen LogP contribution in [0.4, 0.5) is 0 Å². The fraction of sp³-hybridized carbons (Fsp3) is 0.676. The summed E-state index contributed by atoms with van der Waals surface area (Å²) < 4.78 is 16.9. The molecular formula is C71H118O6. The van der Waals surface area contributed by atoms with E-state index in [-0.39, 0.29) is 31.1 Å². The van der Waals surface area contributed by atoms with Crippen molar-refractivity contribution in [1.29, 1.82) is 0 Å². The smallest absolute Gasteiger partial charge is 0.306 e. The zero-order valence-corrected chi connectivity index (χ0v) is 50.2. The third kappa shape index (κ3) is 62.5. The molecule has 0 aromatic rings. The molecule has 0 amide bonds. The summed E-state index contributed by atoms with van der Waals surface area (Å²) >= 11 is 0. The number of rotatable bonds is 57. The van der Waals surface area contributed by atoms with Gasteiger partial charge in [-0.25, -0.2) is 0 Å². The number of ether oxygens (including phenoxy) is 3. The molecule has 0 bridgehead atoms. The van der Waals surface area contributed by atoms with Crippen LogP contribution in [0.5, 0.6) is 0 Å². The number of unbranched alkanes of at least 4 members (excludes halogenated alkanes) is 26. The lowest BCUT2D eigenvalue weighted by molar-refractivity contribution is -0.167. The van der Waals surface area contributed by atoms with Crippen LogP contribution >= 0.6 is 0 Å². The Morgan fingerprint density at radius 2 is 0.532 bits per heavy atom. The summed E-state index contributed by atoms with van der Waals surface area (Å²) in [5.41, 5.74) is 0. The Labute approximate surface area is 475 Å². The van der Waals surface area contributed by atoms with Crippen molar-refractivity contribution in [3.8, 4) is 0 Å². The van der Waals surface area contributed by atoms with Gasteiger partial charge in [-0.3, -0.25) is 14.4 Å². The third-order valence-corrected chi connectivity index (χ3v) is 13.4. The molecule has 0 aliphatic heterocycles. The van der Waals surface area contributed by atoms with E-state index < -0.39 is 6.10 Å². The normalized spacial score (nSPS) is 12.9. The number of hydrogen-bond donors (Lipinski definition) is 0. The Hall–Kier alpha value is -4.19. The van der Waals surface area contributed by atoms with E-state index in [9.17, 15) is 14.4 Å². The molecule has 1 unspecified atom stereocenters. The lowest BCUT2D eigenvalue weighted by atomic mass is 10.0. The highest BCUT2D eigenvalue weighted by atomic mass is 16.6. The fourth-order valence-corrected chi connectivity index (χ4v) is 8.63. The van der Waals surface area contributed by atoms with E-state index in [0.717, 1.165) is 148 Å². The van der Waals surface area contributed by atoms with Gasteiger partial charge < -0.3 is 14.2 Å². The summed E-state index contributed by atoms with van der Waals surface area (Å²) in [6, 6.07) is 0. The summed E-state index contributed by atoms with van der Waals surface area (Å²) in [5, 5.41) is 0. The lowest BCUT2D eigenvalue weighted by Crippen LogP contribution is -2.30. The maximum atomic E-state index is 12.9. The largest absolute Gasteiger partial charge is 0.462 e. The van der Waals surface area contributed by atoms with E-state index in [1.54, 1.807) is 0 Å². The molecule has 0 fully saturated rings. The van der Waals surface area contributed by atoms with Crippen LogP contribution in [0, 0.1) is 0 Å². The van der Waals surface area contributed by atoms with Crippen molar-refractivity contribution in [3.05, 3.63) is 122 Å². The Morgan fingerprint density at radius 1 is 0.273 bits per heavy atom. The predicted molar refractivity (Wildman–Crippen MR) is 334 cm³/mol. The van der Waals surface area contributed by atoms with Gasteiger partial charge in [0.15, 0.2) is 6.10 Å². The van der Waals surface area contributed by atoms with Crippen LogP contribution < -0.4 is 0 Å². The highest BCUT2D eigenvalue weighted by Gasteiger charge is 2.19. The van der Waals surface area contributed by atoms with E-state index in [4.69, 9.17) is 14.2 Å². The first-order chi connectivity index (χ1) is 38.0. The molecule has 0 aliphatic rings. The molecule has 1 atom stereocenters. The molecule has 0 heterocycles. The van der Waals surface area contributed by atoms with Crippen LogP contribution in [0.3, 0.4) is 0 Å². The summed E-state index contributed by atoms with van der Waals surface area (Å²) in [5.74, 6) is -0.933. The standard InChI is InChI=1S/C71H118O6/c1-4-7-10-13-16-19-22-25-27-29-31-33-35-37-39-41-43-46-49-52-55-58-61-64-70(73)76-67-68(66-75-69(72)63-60-57-54-51-48-45-24-21-18-15-12-9-6-3)77-71(74)65-62-59-56-53-50-47-44-42-40-38-36-34-32-30-28-26-23-20-17-14-11-8-5-2/h7,10,12,15-16,19,21,23-27,30-33,37,39,43,46,68H,4-6,8-9,11,13-14,17-18,20,22,28-29,34-36,38,40-42,44-45,47-67H2,1-3H3/b10-7-,15-12-,19-16-,24-21-,26-23-,27-25-,32-30-,33-31-,39-37-,46-43-. The molecule has 0 radical (unpaired) electrons. The van der Waals surface area contributed by atoms with Crippen molar-refractivity contribution in [2.45, 2.75) is 297 Å². The summed E-state index contributed by atoms with van der Waals surface area (Å²) in [7, 11) is 0. The first-order valence-corrected chi connectivity index (χ1v) is 32.0. The molecule has 0 aliphatic carbocycles. The monoisotopic (exact) mass is 1070 g/mol. The zero-order chi connectivity index (χ0) is 55.7. The molecule has 438 valence electrons. The predicted octanol–water partition coefficient (Wildman–Crippen LogP) is 22.0. The molecule has 0 rings (SSSR count). The molecule has 0 aromatic heterocycles. The van der Waals surface area contributed by atoms with Crippen LogP contribution in [0.1, 0.15) is 290 Å². The van der Waals surface area contributed by atoms with Gasteiger partial charge >= 0.3 is 17.9 Å². The van der Waals surface area contributed by atoms with E-state index in [1.165, 1.54) is 103 Å². The molecule has 0 spiro atoms. The lowest BCUT2D eigenvalue weighted by Gasteiger charge is -2.18. The van der Waals surface area contributed by atoms with Crippen molar-refractivity contribution in [1.82, 2.24) is 0 Å². The number of esters is 3. The van der Waals surface area contributed by atoms with E-state index in [2.05, 4.69) is 142 Å². The SMILES string of the molecule is CC/C=C\C/C=C\C/C=C\C/C=C\C/C=C\C/C=C\CCCCCCC(=O)OCC(COC(=O)CCCCCCC/C=C\C/C=C\CCC)OC(=O)CCCCCCCCCCCCC/C=C\C/C=C\CCCCCCC. The summed E-state index contributed by atoms with van der Waals surface area (Å²) in [6.45, 7) is 6.43. The van der Waals surface area contributed by atoms with Gasteiger partial charge in [0.2, 0.25) is 0 Å². The van der Waals surface area contributed by atoms with E-state index >= 15 is 0 Å². The van der Waals surface area contributed by atoms with Gasteiger partial charge in [0, 0.05) is 19.3 Å². The average Bonchev–Trinajstić information content (AvgIpc) is 3.43. The Kier molecular flexibility index (Phi) is 60.8. The van der Waals surface area contributed by atoms with E-state index in [0.29, 0.717) is 19.3 Å². The van der Waals surface area contributed by atoms with Crippen LogP contribution in [-0.2, 0) is 28.6 Å². The molecule has 0 aromatic carbocycles. The molecule has 77 heavy (non-hydrogen) atoms. The maximum Gasteiger partial charge on any atom is 0.306 e. The van der Waals surface area contributed by atoms with Crippen LogP contribution in [0.15, 0.2) is 122 Å². The third-order valence-electron chi connectivity index (χ3n) is 13.4. The van der Waals surface area contributed by atoms with Gasteiger partial charge in [-0.15, -0.1) is 0 Å². The van der Waals surface area contributed by atoms with Gasteiger partial charge in [0.25, 0.3) is 0 Å². The van der Waals surface area contributed by atoms with Crippen LogP contribution in [0.25, 0.3) is 0 Å². The molecule has 0 saturated heterocycles. The topological polar surface area (TPSA) is 78.9 Å². The first-order valence-electron chi connectivity index (χ1n) is 32.0. The van der Waals surface area contributed by atoms with Gasteiger partial charge in [-0.2, -0.15) is 0 Å². The highest BCUT2D eigenvalue weighted by molar-refractivity contribution is 5.71. The van der Waals surface area contributed by atoms with Gasteiger partial charge in [0.05, 0.1) is 0 Å². The van der Waals surface area contributed by atoms with Crippen molar-refractivity contribution in [2.75, 3.05) is 13.2 Å². The quantitative estimate of drug-likeness (QED) is 0.0261. The van der Waals surface area contributed by atoms with Gasteiger partial charge in [-0.05, 0) is 128 Å². The van der Waals surface area contributed by atoms with Crippen LogP contribution in [0.2, 0.25) is 0 Å². The molecule has 0 N–H and O–H groups in total. The van der Waals surface area contributed by atoms with Gasteiger partial charge in [0.1, 0.15) is 13.2 Å². The molecule has 6 heteroatoms. The maximum absolute atomic E-state index is 12.9. The number of carbonyl (C=O) groups is 3. The summed E-state index contributed by atoms with van der Waals surface area (Å²) in [6.07, 6.45) is 89.1. The minimum absolute atomic E-state index is 0.0965. The second-order valence-electron chi connectivity index (χ2n) is 20.9. The number of hydrogen-bond acceptors (Lipinski definition) is 6. The minimum atomic E-state index is -0.801. The Balaban J connectivity index is 4.41. The summed E-state index contributed by atoms with van der Waals surface area (Å²) in [4.78, 5) is 38.3. The highest BCUT2D eigenvalue weighted by Crippen LogP contribution is 2.15. The number of allylic oxidation sites excluding steroid dienone is 20. The average molecular weight is 1070 g/mol. The van der Waals surface area contributed by atoms with Crippen LogP contribution in [-0.4, -0.2) is 37.2 Å². The zero-order valence-electron chi connectivity index (χ0n) is 50.2. The first kappa shape index (κ1) is 72.8. The van der Waals surface area contributed by atoms with Crippen molar-refractivity contribution < 1.29 is 28.6 Å². The molecule has 0 saturated carbocycles. The van der Waals surface area contributed by atoms with Crippen molar-refractivity contribution in [2.24, 2.45) is 0 Å². The van der Waals surface area contributed by atoms with Crippen molar-refractivity contribution >= 4 is 17.9 Å². The van der Waals surface area contributed by atoms with E-state index in [1.807, 2.05) is 0 Å². The van der Waals surface area contributed by atoms with Gasteiger partial charge in [-0.1, -0.05) is 264 Å². The second kappa shape index (κ2) is 64.3. The second-order valence-corrected chi connectivity index (χ2v) is 20.9. The molecular weight excluding hydrogens is 949 g/mol. The fourth-order valence-electron chi connectivity index (χ4n) is 8.63. The van der Waals surface area contributed by atoms with Crippen molar-refractivity contribution in [3.63, 3.8) is 0 Å².